The van der Waals surface area contributed by atoms with Crippen LogP contribution in [-0.4, -0.2) is 49.3 Å². The van der Waals surface area contributed by atoms with Crippen LogP contribution in [-0.2, 0) is 32.7 Å². The van der Waals surface area contributed by atoms with Crippen LogP contribution in [0.4, 0.5) is 0 Å². The van der Waals surface area contributed by atoms with Crippen molar-refractivity contribution in [1.82, 2.24) is 0 Å². The van der Waals surface area contributed by atoms with E-state index in [1.165, 1.54) is 270 Å². The summed E-state index contributed by atoms with van der Waals surface area (Å²) in [6.45, 7) is 3.78. The fourth-order valence-electron chi connectivity index (χ4n) is 10.6. The SMILES string of the molecule is CCCCCCC/C=C\C/C=C\C/C=C\CCCCCCCCCCCCCCC(=O)OC(COC(=O)CCCCCCCCCCCCCCCCCCCCCCCCC/C=C\C/C=C\CCCCCCC)COP(=O)(O)OCCN. The number of hydrogen-bond donors (Lipinski definition) is 2. The minimum Gasteiger partial charge on any atom is -0.462 e. The van der Waals surface area contributed by atoms with Gasteiger partial charge in [0.25, 0.3) is 0 Å². The van der Waals surface area contributed by atoms with Crippen LogP contribution >= 0.6 is 7.82 Å². The molecule has 0 bridgehead atoms. The molecule has 2 unspecified atom stereocenters. The van der Waals surface area contributed by atoms with E-state index in [1.807, 2.05) is 0 Å². The van der Waals surface area contributed by atoms with Gasteiger partial charge < -0.3 is 20.1 Å². The average Bonchev–Trinajstić information content (AvgIpc) is 3.48. The first-order valence-electron chi connectivity index (χ1n) is 35.8. The molecular weight excluding hydrogens is 1050 g/mol. The molecule has 0 aliphatic rings. The van der Waals surface area contributed by atoms with E-state index < -0.39 is 26.5 Å². The number of phosphoric ester groups is 1. The molecule has 486 valence electrons. The van der Waals surface area contributed by atoms with Gasteiger partial charge in [0.05, 0.1) is 13.2 Å². The topological polar surface area (TPSA) is 134 Å². The van der Waals surface area contributed by atoms with Gasteiger partial charge in [-0.05, 0) is 83.5 Å². The Kier molecular flexibility index (Phi) is 66.9. The van der Waals surface area contributed by atoms with Gasteiger partial charge in [0.1, 0.15) is 6.61 Å². The summed E-state index contributed by atoms with van der Waals surface area (Å²) >= 11 is 0. The summed E-state index contributed by atoms with van der Waals surface area (Å²) in [6.07, 6.45) is 88.9. The Morgan fingerprint density at radius 3 is 0.928 bits per heavy atom. The number of esters is 2. The van der Waals surface area contributed by atoms with E-state index in [0.29, 0.717) is 6.42 Å². The lowest BCUT2D eigenvalue weighted by atomic mass is 10.0. The van der Waals surface area contributed by atoms with Crippen molar-refractivity contribution >= 4 is 19.8 Å². The van der Waals surface area contributed by atoms with Crippen molar-refractivity contribution in [3.63, 3.8) is 0 Å². The van der Waals surface area contributed by atoms with Gasteiger partial charge in [-0.2, -0.15) is 0 Å². The molecule has 0 heterocycles. The second kappa shape index (κ2) is 68.8. The number of carbonyl (C=O) groups excluding carboxylic acids is 2. The van der Waals surface area contributed by atoms with Crippen molar-refractivity contribution in [3.8, 4) is 0 Å². The summed E-state index contributed by atoms with van der Waals surface area (Å²) < 4.78 is 33.2. The predicted molar refractivity (Wildman–Crippen MR) is 358 cm³/mol. The average molecular weight is 1190 g/mol. The van der Waals surface area contributed by atoms with E-state index >= 15 is 0 Å². The molecule has 0 rings (SSSR count). The third-order valence-corrected chi connectivity index (χ3v) is 16.9. The molecule has 0 aromatic heterocycles. The number of unbranched alkanes of at least 4 members (excludes halogenated alkanes) is 45. The zero-order valence-electron chi connectivity index (χ0n) is 54.7. The summed E-state index contributed by atoms with van der Waals surface area (Å²) in [4.78, 5) is 35.4. The van der Waals surface area contributed by atoms with E-state index in [4.69, 9.17) is 24.3 Å². The molecule has 9 nitrogen and oxygen atoms in total. The molecule has 0 saturated heterocycles. The summed E-state index contributed by atoms with van der Waals surface area (Å²) in [5, 5.41) is 0. The molecule has 0 aliphatic heterocycles. The van der Waals surface area contributed by atoms with Crippen molar-refractivity contribution in [2.75, 3.05) is 26.4 Å². The van der Waals surface area contributed by atoms with Gasteiger partial charge in [-0.3, -0.25) is 18.6 Å². The number of ether oxygens (including phenoxy) is 2. The van der Waals surface area contributed by atoms with Crippen molar-refractivity contribution in [2.45, 2.75) is 367 Å². The van der Waals surface area contributed by atoms with E-state index in [2.05, 4.69) is 74.6 Å². The quantitative estimate of drug-likeness (QED) is 0.0264. The van der Waals surface area contributed by atoms with Crippen LogP contribution in [0, 0.1) is 0 Å². The minimum absolute atomic E-state index is 0.0534. The highest BCUT2D eigenvalue weighted by Gasteiger charge is 2.26. The molecule has 3 N–H and O–H groups in total. The normalized spacial score (nSPS) is 13.3. The maximum atomic E-state index is 12.8. The molecule has 0 spiro atoms. The van der Waals surface area contributed by atoms with Gasteiger partial charge in [-0.25, -0.2) is 4.57 Å². The highest BCUT2D eigenvalue weighted by atomic mass is 31.2. The van der Waals surface area contributed by atoms with E-state index in [9.17, 15) is 19.0 Å². The van der Waals surface area contributed by atoms with Crippen LogP contribution in [0.15, 0.2) is 60.8 Å². The molecule has 0 aliphatic carbocycles. The molecule has 0 fully saturated rings. The second-order valence-corrected chi connectivity index (χ2v) is 25.6. The standard InChI is InChI=1S/C73H136NO8P/c1-3-5-7-9-11-13-15-17-19-21-23-25-27-29-31-32-33-34-35-36-37-38-40-41-43-45-47-49-51-53-55-57-59-61-63-65-72(75)79-69-71(70-81-83(77,78)80-68-67-74)82-73(76)66-64-62-60-58-56-54-52-50-48-46-44-42-39-30-28-26-24-22-20-18-16-14-12-10-8-6-4-2/h15-18,21-24,28,30,71H,3-14,19-20,25-27,29,31-70,74H2,1-2H3,(H,77,78)/b17-15-,18-16-,23-21-,24-22-,30-28-. The molecule has 0 aromatic carbocycles. The third kappa shape index (κ3) is 68.7. The Balaban J connectivity index is 3.82. The largest absolute Gasteiger partial charge is 0.472 e. The number of phosphoric acid groups is 1. The van der Waals surface area contributed by atoms with Gasteiger partial charge in [-0.1, -0.05) is 325 Å². The maximum Gasteiger partial charge on any atom is 0.472 e. The van der Waals surface area contributed by atoms with Crippen molar-refractivity contribution in [3.05, 3.63) is 60.8 Å². The number of nitrogens with two attached hydrogens (primary N) is 1. The second-order valence-electron chi connectivity index (χ2n) is 24.1. The number of hydrogen-bond acceptors (Lipinski definition) is 8. The van der Waals surface area contributed by atoms with Gasteiger partial charge in [-0.15, -0.1) is 0 Å². The van der Waals surface area contributed by atoms with Crippen molar-refractivity contribution in [1.29, 1.82) is 0 Å². The van der Waals surface area contributed by atoms with Crippen LogP contribution in [0.3, 0.4) is 0 Å². The highest BCUT2D eigenvalue weighted by molar-refractivity contribution is 7.47. The molecule has 0 amide bonds. The number of allylic oxidation sites excluding steroid dienone is 10. The van der Waals surface area contributed by atoms with Crippen molar-refractivity contribution in [2.24, 2.45) is 5.73 Å². The summed E-state index contributed by atoms with van der Waals surface area (Å²) in [5.74, 6) is -0.813. The molecule has 0 aromatic rings. The zero-order chi connectivity index (χ0) is 60.1. The Morgan fingerprint density at radius 2 is 0.627 bits per heavy atom. The molecule has 83 heavy (non-hydrogen) atoms. The molecule has 0 radical (unpaired) electrons. The van der Waals surface area contributed by atoms with Gasteiger partial charge >= 0.3 is 19.8 Å². The Labute approximate surface area is 514 Å². The Hall–Kier alpha value is -2.29. The number of carbonyl (C=O) groups is 2. The van der Waals surface area contributed by atoms with Crippen LogP contribution < -0.4 is 5.73 Å². The smallest absolute Gasteiger partial charge is 0.462 e. The minimum atomic E-state index is -4.39. The van der Waals surface area contributed by atoms with E-state index in [1.54, 1.807) is 0 Å². The molecule has 0 saturated carbocycles. The first-order chi connectivity index (χ1) is 40.8. The van der Waals surface area contributed by atoms with Gasteiger partial charge in [0.2, 0.25) is 0 Å². The maximum absolute atomic E-state index is 12.8. The summed E-state index contributed by atoms with van der Waals surface area (Å²) in [7, 11) is -4.39. The third-order valence-electron chi connectivity index (χ3n) is 15.9. The first-order valence-corrected chi connectivity index (χ1v) is 37.3. The number of rotatable bonds is 68. The lowest BCUT2D eigenvalue weighted by molar-refractivity contribution is -0.161. The molecule has 2 atom stereocenters. The monoisotopic (exact) mass is 1190 g/mol. The van der Waals surface area contributed by atoms with Crippen LogP contribution in [0.2, 0.25) is 0 Å². The van der Waals surface area contributed by atoms with Gasteiger partial charge in [0, 0.05) is 19.4 Å². The Morgan fingerprint density at radius 1 is 0.361 bits per heavy atom. The Bertz CT molecular complexity index is 1540. The lowest BCUT2D eigenvalue weighted by Gasteiger charge is -2.19. The van der Waals surface area contributed by atoms with Crippen molar-refractivity contribution < 1.29 is 37.6 Å². The highest BCUT2D eigenvalue weighted by Crippen LogP contribution is 2.43. The lowest BCUT2D eigenvalue weighted by Crippen LogP contribution is -2.29. The molecular formula is C73H136NO8P. The van der Waals surface area contributed by atoms with Crippen LogP contribution in [0.5, 0.6) is 0 Å². The molecule has 10 heteroatoms. The first kappa shape index (κ1) is 80.7. The van der Waals surface area contributed by atoms with E-state index in [0.717, 1.165) is 57.8 Å². The zero-order valence-corrected chi connectivity index (χ0v) is 55.6. The predicted octanol–water partition coefficient (Wildman–Crippen LogP) is 23.4. The van der Waals surface area contributed by atoms with Gasteiger partial charge in [0.15, 0.2) is 6.10 Å². The van der Waals surface area contributed by atoms with Crippen LogP contribution in [0.25, 0.3) is 0 Å². The fourth-order valence-corrected chi connectivity index (χ4v) is 11.3. The fraction of sp³-hybridized carbons (Fsp3) is 0.836. The summed E-state index contributed by atoms with van der Waals surface area (Å²) in [6, 6.07) is 0. The van der Waals surface area contributed by atoms with Crippen LogP contribution in [0.1, 0.15) is 361 Å². The summed E-state index contributed by atoms with van der Waals surface area (Å²) in [5.41, 5.74) is 5.40. The van der Waals surface area contributed by atoms with E-state index in [-0.39, 0.29) is 38.6 Å².